The normalized spacial score (nSPS) is 12.0. The lowest BCUT2D eigenvalue weighted by Gasteiger charge is -2.24. The number of hydrogen-bond donors (Lipinski definition) is 2. The Labute approximate surface area is 110 Å². The molecule has 0 radical (unpaired) electrons. The Kier molecular flexibility index (Phi) is 6.29. The average molecular weight is 253 g/mol. The molecule has 0 saturated heterocycles. The summed E-state index contributed by atoms with van der Waals surface area (Å²) in [6, 6.07) is 0. The third-order valence-corrected chi connectivity index (χ3v) is 3.34. The first-order valence-electron chi connectivity index (χ1n) is 6.84. The zero-order chi connectivity index (χ0) is 13.5. The molecule has 0 aliphatic carbocycles. The fourth-order valence-electron chi connectivity index (χ4n) is 2.27. The fourth-order valence-corrected chi connectivity index (χ4v) is 2.27. The molecule has 0 atom stereocenters. The molecule has 0 amide bonds. The molecule has 0 aliphatic rings. The van der Waals surface area contributed by atoms with E-state index in [0.717, 1.165) is 25.3 Å². The first-order chi connectivity index (χ1) is 8.54. The van der Waals surface area contributed by atoms with Crippen molar-refractivity contribution in [3.05, 3.63) is 11.9 Å². The molecule has 5 nitrogen and oxygen atoms in total. The summed E-state index contributed by atoms with van der Waals surface area (Å²) in [6.45, 7) is 12.3. The summed E-state index contributed by atoms with van der Waals surface area (Å²) in [5.74, 6) is 2.10. The predicted molar refractivity (Wildman–Crippen MR) is 73.9 cm³/mol. The summed E-state index contributed by atoms with van der Waals surface area (Å²) in [5, 5.41) is 11.6. The van der Waals surface area contributed by atoms with Gasteiger partial charge in [-0.25, -0.2) is 0 Å². The Hall–Kier alpha value is -0.940. The predicted octanol–water partition coefficient (Wildman–Crippen LogP) is 1.25. The van der Waals surface area contributed by atoms with Crippen molar-refractivity contribution in [3.63, 3.8) is 0 Å². The lowest BCUT2D eigenvalue weighted by Crippen LogP contribution is -2.29. The number of nitrogens with two attached hydrogens (primary N) is 1. The summed E-state index contributed by atoms with van der Waals surface area (Å²) in [6.07, 6.45) is 1.96. The van der Waals surface area contributed by atoms with Crippen LogP contribution in [0.1, 0.15) is 33.4 Å². The molecule has 0 saturated carbocycles. The highest BCUT2D eigenvalue weighted by Gasteiger charge is 2.16. The van der Waals surface area contributed by atoms with Crippen molar-refractivity contribution < 1.29 is 0 Å². The Bertz CT molecular complexity index is 324. The minimum absolute atomic E-state index is 0.596. The molecule has 3 N–H and O–H groups in total. The quantitative estimate of drug-likeness (QED) is 0.732. The second-order valence-electron chi connectivity index (χ2n) is 5.54. The first-order valence-corrected chi connectivity index (χ1v) is 6.84. The molecule has 5 heteroatoms. The largest absolute Gasteiger partial charge is 0.329 e. The van der Waals surface area contributed by atoms with E-state index in [1.54, 1.807) is 4.68 Å². The molecule has 0 aromatic carbocycles. The number of aromatic nitrogens is 3. The van der Waals surface area contributed by atoms with Crippen LogP contribution >= 0.6 is 0 Å². The highest BCUT2D eigenvalue weighted by molar-refractivity contribution is 4.91. The van der Waals surface area contributed by atoms with Gasteiger partial charge in [0.2, 0.25) is 0 Å². The van der Waals surface area contributed by atoms with Crippen molar-refractivity contribution in [1.29, 1.82) is 0 Å². The second kappa shape index (κ2) is 7.48. The van der Waals surface area contributed by atoms with Gasteiger partial charge in [-0.15, -0.1) is 5.10 Å². The number of nitrogens with zero attached hydrogens (tertiary/aromatic N) is 3. The maximum absolute atomic E-state index is 5.47. The summed E-state index contributed by atoms with van der Waals surface area (Å²) >= 11 is 0. The van der Waals surface area contributed by atoms with Gasteiger partial charge in [0.15, 0.2) is 0 Å². The molecule has 18 heavy (non-hydrogen) atoms. The molecule has 1 aromatic rings. The van der Waals surface area contributed by atoms with Crippen molar-refractivity contribution in [3.8, 4) is 0 Å². The van der Waals surface area contributed by atoms with Gasteiger partial charge in [0.1, 0.15) is 0 Å². The minimum Gasteiger partial charge on any atom is -0.329 e. The van der Waals surface area contributed by atoms with E-state index in [9.17, 15) is 0 Å². The molecular weight excluding hydrogens is 226 g/mol. The topological polar surface area (TPSA) is 68.8 Å². The number of nitrogens with one attached hydrogen (secondary N) is 1. The molecular formula is C13H27N5. The molecule has 0 bridgehead atoms. The summed E-state index contributed by atoms with van der Waals surface area (Å²) < 4.78 is 1.79. The Balaban J connectivity index is 2.35. The van der Waals surface area contributed by atoms with E-state index in [1.807, 2.05) is 6.20 Å². The number of rotatable bonds is 8. The molecule has 0 aliphatic heterocycles. The van der Waals surface area contributed by atoms with Crippen molar-refractivity contribution in [2.75, 3.05) is 13.1 Å². The summed E-state index contributed by atoms with van der Waals surface area (Å²) in [4.78, 5) is 0. The van der Waals surface area contributed by atoms with Gasteiger partial charge in [-0.3, -0.25) is 4.68 Å². The van der Waals surface area contributed by atoms with Gasteiger partial charge in [-0.05, 0) is 24.3 Å². The zero-order valence-corrected chi connectivity index (χ0v) is 12.1. The van der Waals surface area contributed by atoms with Crippen LogP contribution in [0.25, 0.3) is 0 Å². The van der Waals surface area contributed by atoms with Gasteiger partial charge in [0.25, 0.3) is 0 Å². The molecule has 0 unspecified atom stereocenters. The van der Waals surface area contributed by atoms with E-state index in [1.165, 1.54) is 0 Å². The molecule has 1 rings (SSSR count). The van der Waals surface area contributed by atoms with E-state index in [2.05, 4.69) is 43.3 Å². The summed E-state index contributed by atoms with van der Waals surface area (Å²) in [5.41, 5.74) is 6.45. The van der Waals surface area contributed by atoms with Crippen LogP contribution in [0.3, 0.4) is 0 Å². The van der Waals surface area contributed by atoms with Gasteiger partial charge >= 0.3 is 0 Å². The average Bonchev–Trinajstić information content (AvgIpc) is 2.71. The van der Waals surface area contributed by atoms with Crippen molar-refractivity contribution in [1.82, 2.24) is 20.3 Å². The van der Waals surface area contributed by atoms with Gasteiger partial charge in [0, 0.05) is 19.3 Å². The van der Waals surface area contributed by atoms with Crippen LogP contribution in [-0.4, -0.2) is 28.1 Å². The van der Waals surface area contributed by atoms with E-state index >= 15 is 0 Å². The van der Waals surface area contributed by atoms with Crippen LogP contribution < -0.4 is 11.1 Å². The van der Waals surface area contributed by atoms with Gasteiger partial charge in [0.05, 0.1) is 12.2 Å². The van der Waals surface area contributed by atoms with Crippen LogP contribution in [0.2, 0.25) is 0 Å². The van der Waals surface area contributed by atoms with Crippen molar-refractivity contribution in [2.45, 2.75) is 40.8 Å². The van der Waals surface area contributed by atoms with E-state index in [-0.39, 0.29) is 0 Å². The van der Waals surface area contributed by atoms with Crippen LogP contribution in [0.5, 0.6) is 0 Å². The standard InChI is InChI=1S/C13H27N5/c1-10(2)13(11(3)4)8-15-7-12-9-18(6-5-14)17-16-12/h9-11,13,15H,5-8,14H2,1-4H3. The summed E-state index contributed by atoms with van der Waals surface area (Å²) in [7, 11) is 0. The minimum atomic E-state index is 0.596. The molecule has 1 aromatic heterocycles. The lowest BCUT2D eigenvalue weighted by atomic mass is 9.85. The Morgan fingerprint density at radius 3 is 2.50 bits per heavy atom. The maximum Gasteiger partial charge on any atom is 0.0964 e. The van der Waals surface area contributed by atoms with E-state index in [4.69, 9.17) is 5.73 Å². The van der Waals surface area contributed by atoms with E-state index in [0.29, 0.717) is 24.3 Å². The third-order valence-electron chi connectivity index (χ3n) is 3.34. The van der Waals surface area contributed by atoms with Gasteiger partial charge < -0.3 is 11.1 Å². The molecule has 104 valence electrons. The van der Waals surface area contributed by atoms with Crippen LogP contribution in [-0.2, 0) is 13.1 Å². The first kappa shape index (κ1) is 15.1. The smallest absolute Gasteiger partial charge is 0.0964 e. The monoisotopic (exact) mass is 253 g/mol. The van der Waals surface area contributed by atoms with Crippen LogP contribution in [0.4, 0.5) is 0 Å². The third kappa shape index (κ3) is 4.74. The number of hydrogen-bond acceptors (Lipinski definition) is 4. The maximum atomic E-state index is 5.47. The van der Waals surface area contributed by atoms with Crippen LogP contribution in [0.15, 0.2) is 6.20 Å². The van der Waals surface area contributed by atoms with Gasteiger partial charge in [-0.1, -0.05) is 32.9 Å². The van der Waals surface area contributed by atoms with E-state index < -0.39 is 0 Å². The molecule has 0 spiro atoms. The van der Waals surface area contributed by atoms with Crippen molar-refractivity contribution in [2.24, 2.45) is 23.5 Å². The molecule has 1 heterocycles. The Morgan fingerprint density at radius 1 is 1.28 bits per heavy atom. The second-order valence-corrected chi connectivity index (χ2v) is 5.54. The highest BCUT2D eigenvalue weighted by atomic mass is 15.4. The SMILES string of the molecule is CC(C)C(CNCc1cn(CCN)nn1)C(C)C. The fraction of sp³-hybridized carbons (Fsp3) is 0.846. The van der Waals surface area contributed by atoms with Crippen molar-refractivity contribution >= 4 is 0 Å². The van der Waals surface area contributed by atoms with Crippen LogP contribution in [0, 0.1) is 17.8 Å². The zero-order valence-electron chi connectivity index (χ0n) is 12.1. The lowest BCUT2D eigenvalue weighted by molar-refractivity contribution is 0.275. The molecule has 0 fully saturated rings. The van der Waals surface area contributed by atoms with Gasteiger partial charge in [-0.2, -0.15) is 0 Å². The highest BCUT2D eigenvalue weighted by Crippen LogP contribution is 2.19. The Morgan fingerprint density at radius 2 is 1.94 bits per heavy atom.